The number of amides is 1. The molecule has 0 aliphatic rings. The highest BCUT2D eigenvalue weighted by Gasteiger charge is 2.23. The van der Waals surface area contributed by atoms with Crippen molar-refractivity contribution in [2.24, 2.45) is 5.16 Å². The number of carbonyl (C=O) groups is 1. The van der Waals surface area contributed by atoms with Gasteiger partial charge in [0.2, 0.25) is 5.82 Å². The van der Waals surface area contributed by atoms with Gasteiger partial charge in [-0.05, 0) is 24.3 Å². The van der Waals surface area contributed by atoms with E-state index in [0.29, 0.717) is 5.75 Å². The number of nitrogens with one attached hydrogen (secondary N) is 1. The molecule has 1 N–H and O–H groups in total. The first kappa shape index (κ1) is 23.7. The molecule has 12 heteroatoms. The van der Waals surface area contributed by atoms with Crippen LogP contribution in [0.15, 0.2) is 47.9 Å². The molecule has 3 aromatic rings. The van der Waals surface area contributed by atoms with E-state index in [4.69, 9.17) is 30.6 Å². The van der Waals surface area contributed by atoms with E-state index in [1.54, 1.807) is 6.07 Å². The summed E-state index contributed by atoms with van der Waals surface area (Å²) in [4.78, 5) is 24.3. The van der Waals surface area contributed by atoms with Crippen molar-refractivity contribution < 1.29 is 32.6 Å². The minimum absolute atomic E-state index is 0.0243. The van der Waals surface area contributed by atoms with Crippen LogP contribution in [0.2, 0.25) is 5.02 Å². The third-order valence-corrected chi connectivity index (χ3v) is 4.40. The van der Waals surface area contributed by atoms with Gasteiger partial charge in [-0.3, -0.25) is 4.79 Å². The number of methoxy groups -OCH3 is 1. The van der Waals surface area contributed by atoms with Gasteiger partial charge in [-0.15, -0.1) is 0 Å². The second kappa shape index (κ2) is 10.6. The van der Waals surface area contributed by atoms with Gasteiger partial charge < -0.3 is 24.4 Å². The van der Waals surface area contributed by atoms with E-state index in [2.05, 4.69) is 20.4 Å². The highest BCUT2D eigenvalue weighted by molar-refractivity contribution is 6.45. The van der Waals surface area contributed by atoms with Crippen LogP contribution in [0.4, 0.5) is 8.78 Å². The molecular weight excluding hydrogens is 462 g/mol. The van der Waals surface area contributed by atoms with Gasteiger partial charge in [-0.1, -0.05) is 16.8 Å². The smallest absolute Gasteiger partial charge is 0.273 e. The summed E-state index contributed by atoms with van der Waals surface area (Å²) in [5.41, 5.74) is -0.206. The molecule has 2 aromatic carbocycles. The van der Waals surface area contributed by atoms with E-state index in [9.17, 15) is 9.18 Å². The summed E-state index contributed by atoms with van der Waals surface area (Å²) in [6.45, 7) is 0. The van der Waals surface area contributed by atoms with Crippen LogP contribution >= 0.6 is 11.6 Å². The van der Waals surface area contributed by atoms with Gasteiger partial charge in [-0.2, -0.15) is 14.4 Å². The normalized spacial score (nSPS) is 11.0. The largest absolute Gasteiger partial charge is 0.497 e. The third kappa shape index (κ3) is 5.44. The molecule has 0 radical (unpaired) electrons. The fourth-order valence-electron chi connectivity index (χ4n) is 2.58. The second-order valence-corrected chi connectivity index (χ2v) is 6.55. The topological polar surface area (TPSA) is 104 Å². The fourth-order valence-corrected chi connectivity index (χ4v) is 2.79. The first-order valence-corrected chi connectivity index (χ1v) is 9.58. The van der Waals surface area contributed by atoms with Crippen LogP contribution < -0.4 is 19.5 Å². The summed E-state index contributed by atoms with van der Waals surface area (Å²) >= 11 is 6.12. The number of carbonyl (C=O) groups excluding carboxylic acids is 1. The number of aromatic nitrogens is 2. The lowest BCUT2D eigenvalue weighted by atomic mass is 10.1. The van der Waals surface area contributed by atoms with Crippen LogP contribution in [-0.2, 0) is 9.63 Å². The number of halogens is 3. The van der Waals surface area contributed by atoms with Crippen molar-refractivity contribution in [2.75, 3.05) is 21.3 Å². The lowest BCUT2D eigenvalue weighted by Crippen LogP contribution is -2.29. The Morgan fingerprint density at radius 3 is 2.33 bits per heavy atom. The average molecular weight is 479 g/mol. The average Bonchev–Trinajstić information content (AvgIpc) is 2.81. The molecule has 172 valence electrons. The Kier molecular flexibility index (Phi) is 7.57. The summed E-state index contributed by atoms with van der Waals surface area (Å²) in [5, 5.41) is 6.16. The second-order valence-electron chi connectivity index (χ2n) is 6.14. The molecular formula is C21H17ClF2N4O5. The first-order chi connectivity index (χ1) is 15.9. The molecule has 0 saturated carbocycles. The molecule has 0 fully saturated rings. The number of likely N-dealkylation sites (N-methyl/N-ethyl adjacent to an activating group) is 1. The van der Waals surface area contributed by atoms with Crippen LogP contribution in [0, 0.1) is 11.6 Å². The molecule has 0 spiro atoms. The Hall–Kier alpha value is -3.99. The van der Waals surface area contributed by atoms with Crippen LogP contribution in [0.25, 0.3) is 0 Å². The van der Waals surface area contributed by atoms with Gasteiger partial charge in [0.25, 0.3) is 17.7 Å². The minimum atomic E-state index is -1.09. The van der Waals surface area contributed by atoms with Crippen LogP contribution in [-0.4, -0.2) is 42.9 Å². The van der Waals surface area contributed by atoms with E-state index in [1.807, 2.05) is 0 Å². The molecule has 33 heavy (non-hydrogen) atoms. The van der Waals surface area contributed by atoms with Gasteiger partial charge >= 0.3 is 0 Å². The maximum Gasteiger partial charge on any atom is 0.273 e. The number of rotatable bonds is 8. The maximum atomic E-state index is 15.1. The monoisotopic (exact) mass is 478 g/mol. The fraction of sp³-hybridized carbons (Fsp3) is 0.143. The van der Waals surface area contributed by atoms with E-state index >= 15 is 4.39 Å². The quantitative estimate of drug-likeness (QED) is 0.384. The summed E-state index contributed by atoms with van der Waals surface area (Å²) in [6.07, 6.45) is 0.979. The van der Waals surface area contributed by atoms with E-state index in [1.165, 1.54) is 39.5 Å². The van der Waals surface area contributed by atoms with Crippen molar-refractivity contribution >= 4 is 23.2 Å². The number of hydrogen-bond donors (Lipinski definition) is 1. The zero-order valence-electron chi connectivity index (χ0n) is 17.6. The van der Waals surface area contributed by atoms with Crippen LogP contribution in [0.1, 0.15) is 5.56 Å². The maximum absolute atomic E-state index is 15.1. The number of ether oxygens (including phenoxy) is 3. The Balaban J connectivity index is 1.98. The molecule has 0 aliphatic heterocycles. The molecule has 3 rings (SSSR count). The molecule has 1 amide bonds. The summed E-state index contributed by atoms with van der Waals surface area (Å²) in [7, 11) is 4.06. The predicted octanol–water partition coefficient (Wildman–Crippen LogP) is 4.10. The molecule has 0 saturated heterocycles. The van der Waals surface area contributed by atoms with Crippen molar-refractivity contribution in [3.05, 3.63) is 64.9 Å². The third-order valence-electron chi connectivity index (χ3n) is 4.10. The lowest BCUT2D eigenvalue weighted by Gasteiger charge is -2.13. The van der Waals surface area contributed by atoms with Crippen molar-refractivity contribution in [3.8, 4) is 29.0 Å². The van der Waals surface area contributed by atoms with Gasteiger partial charge in [0.05, 0.1) is 17.7 Å². The SMILES string of the molecule is CNC(=O)C(=NOC)c1ccc(F)cc1Oc1ncnc(Oc2ccc(OC)cc2Cl)c1F. The van der Waals surface area contributed by atoms with Gasteiger partial charge in [-0.25, -0.2) is 4.39 Å². The zero-order valence-corrected chi connectivity index (χ0v) is 18.3. The highest BCUT2D eigenvalue weighted by Crippen LogP contribution is 2.35. The number of oxime groups is 1. The molecule has 0 bridgehead atoms. The summed E-state index contributed by atoms with van der Waals surface area (Å²) in [5.74, 6) is -3.21. The molecule has 0 atom stereocenters. The number of nitrogens with zero attached hydrogens (tertiary/aromatic N) is 3. The van der Waals surface area contributed by atoms with Crippen molar-refractivity contribution in [1.29, 1.82) is 0 Å². The Morgan fingerprint density at radius 1 is 1.03 bits per heavy atom. The zero-order chi connectivity index (χ0) is 24.0. The van der Waals surface area contributed by atoms with Gasteiger partial charge in [0, 0.05) is 19.2 Å². The summed E-state index contributed by atoms with van der Waals surface area (Å²) in [6, 6.07) is 7.74. The lowest BCUT2D eigenvalue weighted by molar-refractivity contribution is -0.114. The molecule has 0 unspecified atom stereocenters. The van der Waals surface area contributed by atoms with E-state index in [0.717, 1.165) is 18.5 Å². The Bertz CT molecular complexity index is 1210. The molecule has 9 nitrogen and oxygen atoms in total. The van der Waals surface area contributed by atoms with E-state index in [-0.39, 0.29) is 27.8 Å². The number of benzene rings is 2. The Labute approximate surface area is 191 Å². The molecule has 1 aromatic heterocycles. The Morgan fingerprint density at radius 2 is 1.73 bits per heavy atom. The van der Waals surface area contributed by atoms with Crippen LogP contribution in [0.3, 0.4) is 0 Å². The standard InChI is InChI=1S/C21H17ClF2N4O5/c1-25-19(29)18(28-31-3)13-6-4-11(23)8-16(13)33-21-17(24)20(26-10-27-21)32-15-7-5-12(30-2)9-14(15)22/h4-10H,1-3H3,(H,25,29). The first-order valence-electron chi connectivity index (χ1n) is 9.20. The predicted molar refractivity (Wildman–Crippen MR) is 114 cm³/mol. The summed E-state index contributed by atoms with van der Waals surface area (Å²) < 4.78 is 44.9. The minimum Gasteiger partial charge on any atom is -0.497 e. The molecule has 1 heterocycles. The van der Waals surface area contributed by atoms with E-state index < -0.39 is 29.3 Å². The highest BCUT2D eigenvalue weighted by atomic mass is 35.5. The van der Waals surface area contributed by atoms with Crippen molar-refractivity contribution in [2.45, 2.75) is 0 Å². The van der Waals surface area contributed by atoms with Crippen LogP contribution in [0.5, 0.6) is 29.0 Å². The van der Waals surface area contributed by atoms with Crippen molar-refractivity contribution in [3.63, 3.8) is 0 Å². The number of hydrogen-bond acceptors (Lipinski definition) is 8. The van der Waals surface area contributed by atoms with Gasteiger partial charge in [0.15, 0.2) is 5.71 Å². The van der Waals surface area contributed by atoms with Gasteiger partial charge in [0.1, 0.15) is 36.5 Å². The van der Waals surface area contributed by atoms with Crippen molar-refractivity contribution in [1.82, 2.24) is 15.3 Å². The molecule has 0 aliphatic carbocycles.